The molecule has 2 heterocycles. The van der Waals surface area contributed by atoms with Gasteiger partial charge in [-0.05, 0) is 30.2 Å². The summed E-state index contributed by atoms with van der Waals surface area (Å²) in [5.74, 6) is 0.0238. The van der Waals surface area contributed by atoms with Crippen molar-refractivity contribution in [2.24, 2.45) is 7.05 Å². The zero-order valence-electron chi connectivity index (χ0n) is 14.0. The lowest BCUT2D eigenvalue weighted by Gasteiger charge is -2.04. The first kappa shape index (κ1) is 17.2. The van der Waals surface area contributed by atoms with E-state index in [4.69, 9.17) is 11.6 Å². The van der Waals surface area contributed by atoms with E-state index in [1.54, 1.807) is 4.68 Å². The minimum absolute atomic E-state index is 0.0238. The lowest BCUT2D eigenvalue weighted by atomic mass is 10.1. The number of benzene rings is 1. The van der Waals surface area contributed by atoms with Gasteiger partial charge in [-0.15, -0.1) is 0 Å². The Kier molecular flexibility index (Phi) is 5.50. The monoisotopic (exact) mass is 357 g/mol. The molecule has 0 aliphatic heterocycles. The first-order chi connectivity index (χ1) is 12.1. The van der Waals surface area contributed by atoms with Crippen molar-refractivity contribution in [3.8, 4) is 11.1 Å². The van der Waals surface area contributed by atoms with Gasteiger partial charge < -0.3 is 5.32 Å². The molecule has 0 unspecified atom stereocenters. The first-order valence-corrected chi connectivity index (χ1v) is 8.51. The molecule has 25 heavy (non-hydrogen) atoms. The number of halogens is 1. The molecule has 3 aromatic rings. The molecule has 0 atom stereocenters. The fraction of sp³-hybridized carbons (Fsp3) is 0.278. The van der Waals surface area contributed by atoms with Gasteiger partial charge in [0.1, 0.15) is 0 Å². The summed E-state index contributed by atoms with van der Waals surface area (Å²) in [6.07, 6.45) is 6.86. The van der Waals surface area contributed by atoms with Crippen LogP contribution >= 0.6 is 11.6 Å². The summed E-state index contributed by atoms with van der Waals surface area (Å²) < 4.78 is 3.58. The molecule has 1 N–H and O–H groups in total. The lowest BCUT2D eigenvalue weighted by Crippen LogP contribution is -2.23. The zero-order valence-corrected chi connectivity index (χ0v) is 14.8. The van der Waals surface area contributed by atoms with Crippen LogP contribution in [0.2, 0.25) is 5.02 Å². The molecule has 0 saturated carbocycles. The van der Waals surface area contributed by atoms with Crippen molar-refractivity contribution in [1.82, 2.24) is 24.9 Å². The largest absolute Gasteiger partial charge is 0.350 e. The molecule has 0 aliphatic carbocycles. The van der Waals surface area contributed by atoms with E-state index >= 15 is 0 Å². The van der Waals surface area contributed by atoms with Crippen LogP contribution in [0, 0.1) is 0 Å². The van der Waals surface area contributed by atoms with Crippen LogP contribution in [-0.2, 0) is 24.9 Å². The van der Waals surface area contributed by atoms with Gasteiger partial charge in [-0.1, -0.05) is 23.7 Å². The fourth-order valence-electron chi connectivity index (χ4n) is 2.51. The highest BCUT2D eigenvalue weighted by Crippen LogP contribution is 2.20. The van der Waals surface area contributed by atoms with Gasteiger partial charge in [-0.2, -0.15) is 10.2 Å². The SMILES string of the molecule is Cn1ccc(CNC(=O)CCCn2cc(-c3ccc(Cl)cc3)cn2)n1. The summed E-state index contributed by atoms with van der Waals surface area (Å²) in [4.78, 5) is 11.9. The number of nitrogens with zero attached hydrogens (tertiary/aromatic N) is 4. The Morgan fingerprint density at radius 3 is 2.72 bits per heavy atom. The summed E-state index contributed by atoms with van der Waals surface area (Å²) >= 11 is 5.90. The topological polar surface area (TPSA) is 64.7 Å². The smallest absolute Gasteiger partial charge is 0.220 e. The van der Waals surface area contributed by atoms with Crippen molar-refractivity contribution in [3.05, 3.63) is 59.6 Å². The van der Waals surface area contributed by atoms with E-state index in [0.717, 1.165) is 23.2 Å². The molecular formula is C18H20ClN5O. The van der Waals surface area contributed by atoms with E-state index in [2.05, 4.69) is 15.5 Å². The summed E-state index contributed by atoms with van der Waals surface area (Å²) in [7, 11) is 1.85. The van der Waals surface area contributed by atoms with Crippen molar-refractivity contribution in [2.45, 2.75) is 25.9 Å². The van der Waals surface area contributed by atoms with E-state index in [-0.39, 0.29) is 5.91 Å². The second-order valence-electron chi connectivity index (χ2n) is 5.86. The van der Waals surface area contributed by atoms with E-state index in [0.29, 0.717) is 24.5 Å². The van der Waals surface area contributed by atoms with E-state index < -0.39 is 0 Å². The molecule has 2 aromatic heterocycles. The molecule has 0 radical (unpaired) electrons. The minimum Gasteiger partial charge on any atom is -0.350 e. The quantitative estimate of drug-likeness (QED) is 0.706. The molecule has 7 heteroatoms. The third-order valence-corrected chi connectivity index (χ3v) is 4.09. The second kappa shape index (κ2) is 7.98. The number of hydrogen-bond donors (Lipinski definition) is 1. The second-order valence-corrected chi connectivity index (χ2v) is 6.30. The highest BCUT2D eigenvalue weighted by molar-refractivity contribution is 6.30. The third kappa shape index (κ3) is 4.93. The Balaban J connectivity index is 1.43. The summed E-state index contributed by atoms with van der Waals surface area (Å²) in [6.45, 7) is 1.16. The average Bonchev–Trinajstić information content (AvgIpc) is 3.23. The van der Waals surface area contributed by atoms with Crippen molar-refractivity contribution < 1.29 is 4.79 Å². The molecule has 1 aromatic carbocycles. The van der Waals surface area contributed by atoms with Crippen LogP contribution in [0.4, 0.5) is 0 Å². The number of carbonyl (C=O) groups is 1. The van der Waals surface area contributed by atoms with E-state index in [9.17, 15) is 4.79 Å². The van der Waals surface area contributed by atoms with Gasteiger partial charge in [-0.25, -0.2) is 0 Å². The highest BCUT2D eigenvalue weighted by atomic mass is 35.5. The Bertz CT molecular complexity index is 837. The van der Waals surface area contributed by atoms with Crippen LogP contribution in [0.3, 0.4) is 0 Å². The average molecular weight is 358 g/mol. The predicted octanol–water partition coefficient (Wildman–Crippen LogP) is 3.03. The van der Waals surface area contributed by atoms with Crippen LogP contribution in [0.5, 0.6) is 0 Å². The standard InChI is InChI=1S/C18H20ClN5O/c1-23-10-8-17(22-23)12-20-18(25)3-2-9-24-13-15(11-21-24)14-4-6-16(19)7-5-14/h4-8,10-11,13H,2-3,9,12H2,1H3,(H,20,25). The lowest BCUT2D eigenvalue weighted by molar-refractivity contribution is -0.121. The highest BCUT2D eigenvalue weighted by Gasteiger charge is 2.05. The molecule has 6 nitrogen and oxygen atoms in total. The Morgan fingerprint density at radius 2 is 2.00 bits per heavy atom. The van der Waals surface area contributed by atoms with Gasteiger partial charge in [0, 0.05) is 43.0 Å². The normalized spacial score (nSPS) is 10.8. The predicted molar refractivity (Wildman–Crippen MR) is 97.0 cm³/mol. The van der Waals surface area contributed by atoms with Gasteiger partial charge in [0.25, 0.3) is 0 Å². The van der Waals surface area contributed by atoms with Crippen molar-refractivity contribution >= 4 is 17.5 Å². The number of carbonyl (C=O) groups excluding carboxylic acids is 1. The maximum absolute atomic E-state index is 11.9. The molecule has 0 aliphatic rings. The number of hydrogen-bond acceptors (Lipinski definition) is 3. The van der Waals surface area contributed by atoms with Crippen LogP contribution in [0.1, 0.15) is 18.5 Å². The van der Waals surface area contributed by atoms with E-state index in [1.165, 1.54) is 0 Å². The molecule has 130 valence electrons. The minimum atomic E-state index is 0.0238. The van der Waals surface area contributed by atoms with Crippen LogP contribution in [0.15, 0.2) is 48.9 Å². The van der Waals surface area contributed by atoms with Crippen molar-refractivity contribution in [3.63, 3.8) is 0 Å². The first-order valence-electron chi connectivity index (χ1n) is 8.14. The van der Waals surface area contributed by atoms with Crippen LogP contribution < -0.4 is 5.32 Å². The van der Waals surface area contributed by atoms with Crippen LogP contribution in [-0.4, -0.2) is 25.5 Å². The van der Waals surface area contributed by atoms with Gasteiger partial charge in [-0.3, -0.25) is 14.2 Å². The number of aryl methyl sites for hydroxylation is 2. The third-order valence-electron chi connectivity index (χ3n) is 3.84. The molecule has 0 saturated heterocycles. The van der Waals surface area contributed by atoms with Gasteiger partial charge in [0.2, 0.25) is 5.91 Å². The molecule has 0 fully saturated rings. The van der Waals surface area contributed by atoms with Crippen molar-refractivity contribution in [1.29, 1.82) is 0 Å². The van der Waals surface area contributed by atoms with Crippen molar-refractivity contribution in [2.75, 3.05) is 0 Å². The number of amides is 1. The Labute approximate surface area is 151 Å². The molecule has 1 amide bonds. The molecule has 0 bridgehead atoms. The number of nitrogens with one attached hydrogen (secondary N) is 1. The van der Waals surface area contributed by atoms with Gasteiger partial charge in [0.05, 0.1) is 18.4 Å². The maximum Gasteiger partial charge on any atom is 0.220 e. The number of rotatable bonds is 7. The summed E-state index contributed by atoms with van der Waals surface area (Å²) in [5, 5.41) is 12.2. The molecular weight excluding hydrogens is 338 g/mol. The zero-order chi connectivity index (χ0) is 17.6. The Morgan fingerprint density at radius 1 is 1.20 bits per heavy atom. The number of aromatic nitrogens is 4. The molecule has 0 spiro atoms. The van der Waals surface area contributed by atoms with E-state index in [1.807, 2.05) is 60.7 Å². The van der Waals surface area contributed by atoms with Crippen LogP contribution in [0.25, 0.3) is 11.1 Å². The Hall–Kier alpha value is -2.60. The fourth-order valence-corrected chi connectivity index (χ4v) is 2.64. The molecule has 3 rings (SSSR count). The van der Waals surface area contributed by atoms with Gasteiger partial charge in [0.15, 0.2) is 0 Å². The van der Waals surface area contributed by atoms with Gasteiger partial charge >= 0.3 is 0 Å². The maximum atomic E-state index is 11.9. The summed E-state index contributed by atoms with van der Waals surface area (Å²) in [5.41, 5.74) is 2.97. The summed E-state index contributed by atoms with van der Waals surface area (Å²) in [6, 6.07) is 9.55.